The lowest BCUT2D eigenvalue weighted by Crippen LogP contribution is -3.13. The zero-order chi connectivity index (χ0) is 20.2. The molecule has 2 aromatic carbocycles. The van der Waals surface area contributed by atoms with E-state index in [4.69, 9.17) is 0 Å². The van der Waals surface area contributed by atoms with E-state index < -0.39 is 0 Å². The molecule has 1 saturated heterocycles. The molecule has 0 spiro atoms. The van der Waals surface area contributed by atoms with Crippen molar-refractivity contribution in [2.24, 2.45) is 0 Å². The Hall–Kier alpha value is -2.43. The molecule has 1 atom stereocenters. The Balaban J connectivity index is 1.75. The van der Waals surface area contributed by atoms with Crippen LogP contribution in [0.25, 0.3) is 0 Å². The number of carbonyl (C=O) groups excluding carboxylic acids is 1. The average Bonchev–Trinajstić information content (AvgIpc) is 3.04. The summed E-state index contributed by atoms with van der Waals surface area (Å²) in [6.45, 7) is 6.73. The molecule has 0 unspecified atom stereocenters. The van der Waals surface area contributed by atoms with E-state index in [1.165, 1.54) is 53.9 Å². The van der Waals surface area contributed by atoms with Crippen LogP contribution in [0.1, 0.15) is 57.2 Å². The number of quaternary nitrogens is 1. The van der Waals surface area contributed by atoms with Crippen molar-refractivity contribution in [3.63, 3.8) is 0 Å². The lowest BCUT2D eigenvalue weighted by Gasteiger charge is -2.32. The SMILES string of the molecule is Cc1sc(NC(=O)c2ccccc2)c([C@@H](c2ccccc2)[NH+]2CCCCC2)c1C. The zero-order valence-electron chi connectivity index (χ0n) is 17.2. The first-order valence-corrected chi connectivity index (χ1v) is 11.3. The van der Waals surface area contributed by atoms with Crippen molar-refractivity contribution in [2.45, 2.75) is 39.2 Å². The second kappa shape index (κ2) is 8.93. The van der Waals surface area contributed by atoms with Crippen LogP contribution >= 0.6 is 11.3 Å². The second-order valence-electron chi connectivity index (χ2n) is 7.91. The summed E-state index contributed by atoms with van der Waals surface area (Å²) in [7, 11) is 0. The molecule has 1 aliphatic heterocycles. The van der Waals surface area contributed by atoms with Crippen LogP contribution in [0, 0.1) is 13.8 Å². The summed E-state index contributed by atoms with van der Waals surface area (Å²) >= 11 is 1.71. The summed E-state index contributed by atoms with van der Waals surface area (Å²) in [4.78, 5) is 15.8. The predicted molar refractivity (Wildman–Crippen MR) is 121 cm³/mol. The highest BCUT2D eigenvalue weighted by atomic mass is 32.1. The van der Waals surface area contributed by atoms with Crippen molar-refractivity contribution in [2.75, 3.05) is 18.4 Å². The Morgan fingerprint density at radius 3 is 2.21 bits per heavy atom. The number of anilines is 1. The lowest BCUT2D eigenvalue weighted by atomic mass is 9.93. The van der Waals surface area contributed by atoms with E-state index in [-0.39, 0.29) is 11.9 Å². The summed E-state index contributed by atoms with van der Waals surface area (Å²) in [5.74, 6) is -0.0337. The Morgan fingerprint density at radius 1 is 0.931 bits per heavy atom. The molecule has 3 nitrogen and oxygen atoms in total. The molecule has 2 N–H and O–H groups in total. The van der Waals surface area contributed by atoms with E-state index in [2.05, 4.69) is 49.5 Å². The fourth-order valence-electron chi connectivity index (χ4n) is 4.40. The minimum Gasteiger partial charge on any atom is -0.325 e. The largest absolute Gasteiger partial charge is 0.325 e. The van der Waals surface area contributed by atoms with E-state index in [9.17, 15) is 4.79 Å². The predicted octanol–water partition coefficient (Wildman–Crippen LogP) is 4.78. The summed E-state index contributed by atoms with van der Waals surface area (Å²) in [5, 5.41) is 4.24. The van der Waals surface area contributed by atoms with E-state index in [1.807, 2.05) is 30.3 Å². The molecule has 0 radical (unpaired) electrons. The van der Waals surface area contributed by atoms with E-state index in [1.54, 1.807) is 16.2 Å². The quantitative estimate of drug-likeness (QED) is 0.630. The third kappa shape index (κ3) is 4.29. The van der Waals surface area contributed by atoms with Crippen LogP contribution in [0.5, 0.6) is 0 Å². The summed E-state index contributed by atoms with van der Waals surface area (Å²) < 4.78 is 0. The molecular weight excluding hydrogens is 376 g/mol. The molecule has 1 aliphatic rings. The monoisotopic (exact) mass is 405 g/mol. The molecule has 0 aliphatic carbocycles. The summed E-state index contributed by atoms with van der Waals surface area (Å²) in [6.07, 6.45) is 3.86. The van der Waals surface area contributed by atoms with Gasteiger partial charge in [0.2, 0.25) is 0 Å². The molecule has 0 saturated carbocycles. The molecule has 29 heavy (non-hydrogen) atoms. The van der Waals surface area contributed by atoms with Gasteiger partial charge in [-0.2, -0.15) is 0 Å². The van der Waals surface area contributed by atoms with Gasteiger partial charge >= 0.3 is 0 Å². The number of benzene rings is 2. The van der Waals surface area contributed by atoms with Crippen LogP contribution in [0.2, 0.25) is 0 Å². The summed E-state index contributed by atoms with van der Waals surface area (Å²) in [5.41, 5.74) is 4.63. The van der Waals surface area contributed by atoms with Crippen molar-refractivity contribution in [3.8, 4) is 0 Å². The number of hydrogen-bond donors (Lipinski definition) is 2. The highest BCUT2D eigenvalue weighted by molar-refractivity contribution is 7.16. The number of thiophene rings is 1. The first kappa shape index (κ1) is 19.9. The molecule has 4 heteroatoms. The number of likely N-dealkylation sites (tertiary alicyclic amines) is 1. The number of nitrogens with one attached hydrogen (secondary N) is 2. The van der Waals surface area contributed by atoms with Gasteiger partial charge in [0.05, 0.1) is 18.7 Å². The standard InChI is InChI=1S/C25H28N2OS/c1-18-19(2)29-25(26-24(28)21-14-8-4-9-15-21)22(18)23(20-12-6-3-7-13-20)27-16-10-5-11-17-27/h3-4,6-9,12-15,23H,5,10-11,16-17H2,1-2H3,(H,26,28)/p+1/t23-/m1/s1. The minimum atomic E-state index is -0.0337. The maximum absolute atomic E-state index is 12.9. The number of hydrogen-bond acceptors (Lipinski definition) is 2. The molecular formula is C25H29N2OS+. The number of rotatable bonds is 5. The van der Waals surface area contributed by atoms with Gasteiger partial charge in [-0.1, -0.05) is 48.5 Å². The minimum absolute atomic E-state index is 0.0337. The third-order valence-corrected chi connectivity index (χ3v) is 7.16. The number of aryl methyl sites for hydroxylation is 1. The Morgan fingerprint density at radius 2 is 1.55 bits per heavy atom. The van der Waals surface area contributed by atoms with Crippen molar-refractivity contribution in [1.29, 1.82) is 0 Å². The van der Waals surface area contributed by atoms with Gasteiger partial charge < -0.3 is 10.2 Å². The second-order valence-corrected chi connectivity index (χ2v) is 9.13. The van der Waals surface area contributed by atoms with Crippen molar-refractivity contribution in [1.82, 2.24) is 0 Å². The summed E-state index contributed by atoms with van der Waals surface area (Å²) in [6, 6.07) is 20.6. The van der Waals surface area contributed by atoms with Gasteiger partial charge in [-0.05, 0) is 50.8 Å². The highest BCUT2D eigenvalue weighted by Gasteiger charge is 2.33. The maximum Gasteiger partial charge on any atom is 0.256 e. The zero-order valence-corrected chi connectivity index (χ0v) is 18.0. The first-order chi connectivity index (χ1) is 14.1. The van der Waals surface area contributed by atoms with Crippen molar-refractivity contribution in [3.05, 3.63) is 87.8 Å². The van der Waals surface area contributed by atoms with Crippen LogP contribution in [0.3, 0.4) is 0 Å². The van der Waals surface area contributed by atoms with E-state index in [0.29, 0.717) is 5.56 Å². The smallest absolute Gasteiger partial charge is 0.256 e. The fourth-order valence-corrected chi connectivity index (χ4v) is 5.49. The lowest BCUT2D eigenvalue weighted by molar-refractivity contribution is -0.930. The fraction of sp³-hybridized carbons (Fsp3) is 0.320. The van der Waals surface area contributed by atoms with E-state index in [0.717, 1.165) is 5.00 Å². The average molecular weight is 406 g/mol. The van der Waals surface area contributed by atoms with Gasteiger partial charge in [0.15, 0.2) is 0 Å². The van der Waals surface area contributed by atoms with Gasteiger partial charge in [0, 0.05) is 16.0 Å². The van der Waals surface area contributed by atoms with Gasteiger partial charge in [0.25, 0.3) is 5.91 Å². The van der Waals surface area contributed by atoms with Gasteiger partial charge in [-0.25, -0.2) is 0 Å². The topological polar surface area (TPSA) is 33.5 Å². The normalized spacial score (nSPS) is 15.8. The molecule has 1 aromatic heterocycles. The maximum atomic E-state index is 12.9. The molecule has 2 heterocycles. The number of amides is 1. The molecule has 3 aromatic rings. The molecule has 4 rings (SSSR count). The van der Waals surface area contributed by atoms with Crippen LogP contribution in [-0.2, 0) is 0 Å². The van der Waals surface area contributed by atoms with Gasteiger partial charge in [-0.15, -0.1) is 11.3 Å². The van der Waals surface area contributed by atoms with Gasteiger partial charge in [-0.3, -0.25) is 4.79 Å². The van der Waals surface area contributed by atoms with Crippen LogP contribution in [-0.4, -0.2) is 19.0 Å². The van der Waals surface area contributed by atoms with Crippen LogP contribution in [0.15, 0.2) is 60.7 Å². The third-order valence-electron chi connectivity index (χ3n) is 6.02. The number of carbonyl (C=O) groups is 1. The highest BCUT2D eigenvalue weighted by Crippen LogP contribution is 2.38. The van der Waals surface area contributed by atoms with Crippen molar-refractivity contribution >= 4 is 22.2 Å². The Kier molecular flexibility index (Phi) is 6.12. The first-order valence-electron chi connectivity index (χ1n) is 10.5. The van der Waals surface area contributed by atoms with E-state index >= 15 is 0 Å². The van der Waals surface area contributed by atoms with Gasteiger partial charge in [0.1, 0.15) is 11.0 Å². The Labute approximate surface area is 177 Å². The van der Waals surface area contributed by atoms with Crippen LogP contribution in [0.4, 0.5) is 5.00 Å². The molecule has 0 bridgehead atoms. The van der Waals surface area contributed by atoms with Crippen molar-refractivity contribution < 1.29 is 9.69 Å². The van der Waals surface area contributed by atoms with Crippen LogP contribution < -0.4 is 10.2 Å². The molecule has 150 valence electrons. The Bertz CT molecular complexity index is 959. The molecule has 1 fully saturated rings. The number of piperidine rings is 1. The molecule has 1 amide bonds.